The molecule has 0 aromatic heterocycles. The number of rotatable bonds is 5. The Hall–Kier alpha value is -3.27. The molecule has 2 heterocycles. The van der Waals surface area contributed by atoms with Gasteiger partial charge in [0.25, 0.3) is 5.91 Å². The molecule has 2 bridgehead atoms. The lowest BCUT2D eigenvalue weighted by molar-refractivity contribution is -0.145. The third-order valence-corrected chi connectivity index (χ3v) is 5.92. The van der Waals surface area contributed by atoms with Gasteiger partial charge in [-0.25, -0.2) is 4.39 Å². The molecule has 3 rings (SSSR count). The van der Waals surface area contributed by atoms with Crippen LogP contribution in [-0.2, 0) is 14.4 Å². The van der Waals surface area contributed by atoms with Gasteiger partial charge in [-0.1, -0.05) is 24.8 Å². The summed E-state index contributed by atoms with van der Waals surface area (Å²) in [6.45, 7) is 10.3. The number of carbonyl (C=O) groups is 3. The average Bonchev–Trinajstić information content (AvgIpc) is 3.13. The summed E-state index contributed by atoms with van der Waals surface area (Å²) in [5.74, 6) is -1.56. The Kier molecular flexibility index (Phi) is 15.7. The first-order chi connectivity index (χ1) is 17.5. The zero-order chi connectivity index (χ0) is 28.6. The van der Waals surface area contributed by atoms with Crippen LogP contribution in [0, 0.1) is 5.92 Å². The van der Waals surface area contributed by atoms with E-state index in [0.717, 1.165) is 25.0 Å². The van der Waals surface area contributed by atoms with Gasteiger partial charge in [-0.05, 0) is 71.1 Å². The van der Waals surface area contributed by atoms with E-state index >= 15 is 0 Å². The number of aliphatic imine (C=N–C) groups is 1. The monoisotopic (exact) mass is 521 g/mol. The van der Waals surface area contributed by atoms with Gasteiger partial charge in [-0.3, -0.25) is 24.3 Å². The van der Waals surface area contributed by atoms with Gasteiger partial charge < -0.3 is 20.6 Å². The van der Waals surface area contributed by atoms with Crippen molar-refractivity contribution in [2.75, 3.05) is 41.3 Å². The lowest BCUT2D eigenvalue weighted by Gasteiger charge is -2.38. The number of carbonyl (C=O) groups excluding carboxylic acids is 3. The normalized spacial score (nSPS) is 22.1. The van der Waals surface area contributed by atoms with Crippen LogP contribution in [0.3, 0.4) is 0 Å². The number of aliphatic hydroxyl groups excluding tert-OH is 1. The molecule has 0 aromatic carbocycles. The fourth-order valence-electron chi connectivity index (χ4n) is 4.13. The van der Waals surface area contributed by atoms with E-state index in [-0.39, 0.29) is 11.7 Å². The molecule has 2 aliphatic heterocycles. The molecule has 0 spiro atoms. The van der Waals surface area contributed by atoms with E-state index in [2.05, 4.69) is 22.2 Å². The van der Waals surface area contributed by atoms with Crippen molar-refractivity contribution < 1.29 is 23.9 Å². The predicted molar refractivity (Wildman–Crippen MR) is 147 cm³/mol. The highest BCUT2D eigenvalue weighted by Gasteiger charge is 2.49. The first-order valence-electron chi connectivity index (χ1n) is 12.3. The van der Waals surface area contributed by atoms with Crippen molar-refractivity contribution in [1.29, 1.82) is 0 Å². The number of fused-ring (bicyclic) bond motifs is 4. The van der Waals surface area contributed by atoms with Crippen LogP contribution < -0.4 is 10.6 Å². The molecule has 3 N–H and O–H groups in total. The molecule has 3 aliphatic rings. The standard InChI is InChI=1S/C17H26N4O4.C7H13N.C3H5F/c1-5-12(22)14(24)21-10-11-6-8-17(9-7-11,16(21)18-2)19-13(23)15(25)20(3)4;1-4-5-7(2)6-8-3;1-2-3-4/h5,11,22H,6-10H2,1-4H3,(H,19,23);4-5,8H,2,6H2,1,3H3;2-3H,1H3/b12-5-,18-16?;5-4-;3-2+. The lowest BCUT2D eigenvalue weighted by Crippen LogP contribution is -2.61. The van der Waals surface area contributed by atoms with Crippen molar-refractivity contribution in [3.8, 4) is 0 Å². The topological polar surface area (TPSA) is 114 Å². The number of hydrogen-bond acceptors (Lipinski definition) is 6. The molecule has 208 valence electrons. The molecule has 0 atom stereocenters. The number of halogens is 1. The van der Waals surface area contributed by atoms with Gasteiger partial charge in [-0.2, -0.15) is 0 Å². The van der Waals surface area contributed by atoms with Gasteiger partial charge in [0.05, 0.1) is 11.9 Å². The second-order valence-electron chi connectivity index (χ2n) is 8.96. The van der Waals surface area contributed by atoms with Gasteiger partial charge in [0.1, 0.15) is 5.84 Å². The minimum absolute atomic E-state index is 0.280. The van der Waals surface area contributed by atoms with Gasteiger partial charge in [0, 0.05) is 34.2 Å². The Balaban J connectivity index is 0.000000900. The first kappa shape index (κ1) is 33.7. The van der Waals surface area contributed by atoms with Gasteiger partial charge >= 0.3 is 11.8 Å². The number of nitrogens with one attached hydrogen (secondary N) is 2. The summed E-state index contributed by atoms with van der Waals surface area (Å²) >= 11 is 0. The van der Waals surface area contributed by atoms with Gasteiger partial charge in [0.2, 0.25) is 0 Å². The van der Waals surface area contributed by atoms with Crippen LogP contribution in [0.25, 0.3) is 0 Å². The van der Waals surface area contributed by atoms with Crippen LogP contribution in [0.1, 0.15) is 46.5 Å². The SMILES string of the molecule is C/C=C(\O)C(=O)N1CC2CCC(NC(=O)C(=O)N(C)C)(CC2)C1=NC.C/C=C/F.C=C(/C=C\C)CNC. The smallest absolute Gasteiger partial charge is 0.311 e. The van der Waals surface area contributed by atoms with E-state index in [9.17, 15) is 23.9 Å². The Bertz CT molecular complexity index is 896. The summed E-state index contributed by atoms with van der Waals surface area (Å²) in [5.41, 5.74) is 0.253. The molecule has 3 amide bonds. The lowest BCUT2D eigenvalue weighted by atomic mass is 9.77. The summed E-state index contributed by atoms with van der Waals surface area (Å²) in [6.07, 6.45) is 10.00. The zero-order valence-electron chi connectivity index (χ0n) is 23.3. The summed E-state index contributed by atoms with van der Waals surface area (Å²) in [7, 11) is 6.49. The number of hydrogen-bond donors (Lipinski definition) is 3. The van der Waals surface area contributed by atoms with Crippen molar-refractivity contribution >= 4 is 23.6 Å². The van der Waals surface area contributed by atoms with Crippen LogP contribution in [-0.4, -0.2) is 85.3 Å². The molecule has 37 heavy (non-hydrogen) atoms. The Morgan fingerprint density at radius 3 is 2.19 bits per heavy atom. The van der Waals surface area contributed by atoms with Crippen LogP contribution in [0.15, 0.2) is 53.5 Å². The minimum Gasteiger partial charge on any atom is -0.503 e. The van der Waals surface area contributed by atoms with Crippen molar-refractivity contribution in [1.82, 2.24) is 20.4 Å². The second kappa shape index (κ2) is 17.2. The number of likely N-dealkylation sites (N-methyl/N-ethyl adjacent to an activating group) is 2. The van der Waals surface area contributed by atoms with Crippen LogP contribution in [0.2, 0.25) is 0 Å². The fourth-order valence-corrected chi connectivity index (χ4v) is 4.13. The number of amides is 3. The maximum atomic E-state index is 12.6. The molecule has 3 fully saturated rings. The molecular weight excluding hydrogens is 477 g/mol. The number of aliphatic hydroxyl groups is 1. The first-order valence-corrected chi connectivity index (χ1v) is 12.3. The average molecular weight is 522 g/mol. The summed E-state index contributed by atoms with van der Waals surface area (Å²) in [4.78, 5) is 43.9. The van der Waals surface area contributed by atoms with E-state index in [0.29, 0.717) is 31.6 Å². The highest BCUT2D eigenvalue weighted by atomic mass is 19.1. The Labute approximate surface area is 220 Å². The van der Waals surface area contributed by atoms with Crippen molar-refractivity contribution in [3.63, 3.8) is 0 Å². The molecule has 1 aliphatic carbocycles. The van der Waals surface area contributed by atoms with Crippen molar-refractivity contribution in [2.45, 2.75) is 52.0 Å². The number of allylic oxidation sites excluding steroid dienone is 3. The second-order valence-corrected chi connectivity index (χ2v) is 8.96. The van der Waals surface area contributed by atoms with E-state index in [1.54, 1.807) is 20.9 Å². The maximum Gasteiger partial charge on any atom is 0.311 e. The van der Waals surface area contributed by atoms with E-state index in [1.165, 1.54) is 36.0 Å². The largest absolute Gasteiger partial charge is 0.503 e. The van der Waals surface area contributed by atoms with Crippen LogP contribution in [0.4, 0.5) is 4.39 Å². The minimum atomic E-state index is -0.867. The molecule has 1 saturated carbocycles. The quantitative estimate of drug-likeness (QED) is 0.222. The van der Waals surface area contributed by atoms with Gasteiger partial charge in [0.15, 0.2) is 5.76 Å². The van der Waals surface area contributed by atoms with E-state index in [1.807, 2.05) is 26.1 Å². The third kappa shape index (κ3) is 10.3. The molecular formula is C27H44FN5O4. The molecule has 9 nitrogen and oxygen atoms in total. The fraction of sp³-hybridized carbons (Fsp3) is 0.556. The molecule has 10 heteroatoms. The van der Waals surface area contributed by atoms with Crippen molar-refractivity contribution in [3.05, 3.63) is 48.5 Å². The predicted octanol–water partition coefficient (Wildman–Crippen LogP) is 3.28. The van der Waals surface area contributed by atoms with Gasteiger partial charge in [-0.15, -0.1) is 0 Å². The molecule has 0 unspecified atom stereocenters. The van der Waals surface area contributed by atoms with Crippen LogP contribution >= 0.6 is 0 Å². The zero-order valence-corrected chi connectivity index (χ0v) is 23.3. The third-order valence-electron chi connectivity index (χ3n) is 5.92. The molecule has 2 saturated heterocycles. The van der Waals surface area contributed by atoms with Crippen LogP contribution in [0.5, 0.6) is 0 Å². The summed E-state index contributed by atoms with van der Waals surface area (Å²) in [6, 6.07) is 0. The summed E-state index contributed by atoms with van der Waals surface area (Å²) in [5, 5.41) is 15.7. The highest BCUT2D eigenvalue weighted by molar-refractivity contribution is 6.35. The molecule has 0 radical (unpaired) electrons. The van der Waals surface area contributed by atoms with E-state index in [4.69, 9.17) is 0 Å². The summed E-state index contributed by atoms with van der Waals surface area (Å²) < 4.78 is 10.5. The maximum absolute atomic E-state index is 12.6. The Morgan fingerprint density at radius 2 is 1.78 bits per heavy atom. The highest BCUT2D eigenvalue weighted by Crippen LogP contribution is 2.39. The number of amidine groups is 1. The number of nitrogens with zero attached hydrogens (tertiary/aromatic N) is 3. The van der Waals surface area contributed by atoms with E-state index < -0.39 is 23.3 Å². The van der Waals surface area contributed by atoms with Crippen molar-refractivity contribution in [2.24, 2.45) is 10.9 Å². The molecule has 0 aromatic rings. The Morgan fingerprint density at radius 1 is 1.22 bits per heavy atom.